The maximum atomic E-state index is 12.4. The summed E-state index contributed by atoms with van der Waals surface area (Å²) in [6, 6.07) is 16.1. The molecule has 7 heteroatoms. The molecule has 3 rings (SSSR count). The van der Waals surface area contributed by atoms with E-state index in [0.717, 1.165) is 22.1 Å². The normalized spacial score (nSPS) is 12.7. The molecule has 3 aromatic rings. The minimum Gasteiger partial charge on any atom is -0.485 e. The zero-order chi connectivity index (χ0) is 22.9. The highest BCUT2D eigenvalue weighted by Gasteiger charge is 2.21. The lowest BCUT2D eigenvalue weighted by molar-refractivity contribution is -0.166. The number of fused-ring (bicyclic) bond motifs is 1. The zero-order valence-electron chi connectivity index (χ0n) is 18.7. The average Bonchev–Trinajstić information content (AvgIpc) is 3.31. The minimum absolute atomic E-state index is 0.220. The van der Waals surface area contributed by atoms with Crippen LogP contribution in [0.5, 0.6) is 5.75 Å². The smallest absolute Gasteiger partial charge is 0.412 e. The highest BCUT2D eigenvalue weighted by Crippen LogP contribution is 2.32. The van der Waals surface area contributed by atoms with Crippen LogP contribution >= 0.6 is 11.3 Å². The Labute approximate surface area is 192 Å². The van der Waals surface area contributed by atoms with E-state index >= 15 is 0 Å². The van der Waals surface area contributed by atoms with Gasteiger partial charge >= 0.3 is 12.1 Å². The molecule has 2 atom stereocenters. The number of hydrogen-bond acceptors (Lipinski definition) is 6. The van der Waals surface area contributed by atoms with Crippen molar-refractivity contribution >= 4 is 34.2 Å². The number of esters is 1. The molecular weight excluding hydrogens is 426 g/mol. The fourth-order valence-electron chi connectivity index (χ4n) is 3.31. The van der Waals surface area contributed by atoms with Crippen LogP contribution in [0, 0.1) is 0 Å². The first kappa shape index (κ1) is 23.6. The van der Waals surface area contributed by atoms with Crippen molar-refractivity contribution in [3.05, 3.63) is 64.9 Å². The Morgan fingerprint density at radius 3 is 2.59 bits per heavy atom. The van der Waals surface area contributed by atoms with Crippen molar-refractivity contribution in [3.8, 4) is 5.75 Å². The third-order valence-corrected chi connectivity index (χ3v) is 5.69. The van der Waals surface area contributed by atoms with Crippen molar-refractivity contribution in [2.45, 2.75) is 45.5 Å². The van der Waals surface area contributed by atoms with Gasteiger partial charge in [0.1, 0.15) is 11.9 Å². The van der Waals surface area contributed by atoms with Gasteiger partial charge in [0.25, 0.3) is 0 Å². The van der Waals surface area contributed by atoms with E-state index in [-0.39, 0.29) is 12.1 Å². The van der Waals surface area contributed by atoms with Crippen molar-refractivity contribution in [1.82, 2.24) is 4.90 Å². The summed E-state index contributed by atoms with van der Waals surface area (Å²) in [5, 5.41) is 6.23. The van der Waals surface area contributed by atoms with Crippen LogP contribution in [0.15, 0.2) is 59.3 Å². The Balaban J connectivity index is 1.63. The molecule has 1 heterocycles. The molecule has 2 unspecified atom stereocenters. The molecule has 0 aliphatic carbocycles. The summed E-state index contributed by atoms with van der Waals surface area (Å²) in [4.78, 5) is 25.4. The number of rotatable bonds is 10. The third kappa shape index (κ3) is 6.47. The molecular formula is C25H29NO5S. The van der Waals surface area contributed by atoms with Crippen molar-refractivity contribution in [3.63, 3.8) is 0 Å². The van der Waals surface area contributed by atoms with Crippen molar-refractivity contribution in [1.29, 1.82) is 0 Å². The number of nitrogens with zero attached hydrogens (tertiary/aromatic N) is 1. The van der Waals surface area contributed by atoms with Crippen molar-refractivity contribution in [2.75, 3.05) is 13.6 Å². The van der Waals surface area contributed by atoms with Gasteiger partial charge in [0, 0.05) is 44.3 Å². The maximum Gasteiger partial charge on any atom is 0.412 e. The number of ether oxygens (including phenoxy) is 3. The van der Waals surface area contributed by atoms with Gasteiger partial charge in [-0.05, 0) is 34.7 Å². The van der Waals surface area contributed by atoms with E-state index in [9.17, 15) is 9.59 Å². The molecule has 170 valence electrons. The molecule has 0 N–H and O–H groups in total. The van der Waals surface area contributed by atoms with Crippen LogP contribution in [0.1, 0.15) is 44.8 Å². The van der Waals surface area contributed by atoms with Gasteiger partial charge in [-0.3, -0.25) is 4.79 Å². The van der Waals surface area contributed by atoms with Crippen LogP contribution in [0.2, 0.25) is 0 Å². The molecule has 6 nitrogen and oxygen atoms in total. The van der Waals surface area contributed by atoms with E-state index in [4.69, 9.17) is 14.2 Å². The SMILES string of the molecule is CCCC(=O)OC(C)OC(=O)N(C)CCC(Oc1cccc2ccccc12)c1ccsc1. The van der Waals surface area contributed by atoms with Gasteiger partial charge in [-0.2, -0.15) is 11.3 Å². The summed E-state index contributed by atoms with van der Waals surface area (Å²) in [7, 11) is 1.66. The Morgan fingerprint density at radius 2 is 1.84 bits per heavy atom. The van der Waals surface area contributed by atoms with Crippen LogP contribution in [0.25, 0.3) is 10.8 Å². The van der Waals surface area contributed by atoms with E-state index < -0.39 is 12.4 Å². The van der Waals surface area contributed by atoms with Gasteiger partial charge in [-0.15, -0.1) is 0 Å². The van der Waals surface area contributed by atoms with Gasteiger partial charge in [0.2, 0.25) is 6.29 Å². The van der Waals surface area contributed by atoms with Crippen LogP contribution in [0.3, 0.4) is 0 Å². The first-order chi connectivity index (χ1) is 15.5. The van der Waals surface area contributed by atoms with Crippen LogP contribution < -0.4 is 4.74 Å². The Kier molecular flexibility index (Phi) is 8.50. The first-order valence-corrected chi connectivity index (χ1v) is 11.7. The summed E-state index contributed by atoms with van der Waals surface area (Å²) in [5.41, 5.74) is 1.06. The average molecular weight is 456 g/mol. The summed E-state index contributed by atoms with van der Waals surface area (Å²) in [5.74, 6) is 0.428. The van der Waals surface area contributed by atoms with Crippen molar-refractivity contribution in [2.24, 2.45) is 0 Å². The fraction of sp³-hybridized carbons (Fsp3) is 0.360. The van der Waals surface area contributed by atoms with Crippen LogP contribution in [0.4, 0.5) is 4.79 Å². The third-order valence-electron chi connectivity index (χ3n) is 4.99. The molecule has 0 aliphatic heterocycles. The number of amides is 1. The molecule has 0 radical (unpaired) electrons. The maximum absolute atomic E-state index is 12.4. The lowest BCUT2D eigenvalue weighted by Gasteiger charge is -2.24. The largest absolute Gasteiger partial charge is 0.485 e. The highest BCUT2D eigenvalue weighted by molar-refractivity contribution is 7.07. The molecule has 0 bridgehead atoms. The summed E-state index contributed by atoms with van der Waals surface area (Å²) in [6.07, 6.45) is -0.136. The molecule has 0 saturated carbocycles. The topological polar surface area (TPSA) is 65.1 Å². The number of benzene rings is 2. The number of hydrogen-bond donors (Lipinski definition) is 0. The number of thiophene rings is 1. The van der Waals surface area contributed by atoms with E-state index in [1.807, 2.05) is 48.7 Å². The van der Waals surface area contributed by atoms with Gasteiger partial charge in [-0.25, -0.2) is 4.79 Å². The van der Waals surface area contributed by atoms with E-state index in [1.165, 1.54) is 11.8 Å². The lowest BCUT2D eigenvalue weighted by Crippen LogP contribution is -2.33. The molecule has 0 saturated heterocycles. The van der Waals surface area contributed by atoms with E-state index in [1.54, 1.807) is 18.4 Å². The lowest BCUT2D eigenvalue weighted by atomic mass is 10.1. The first-order valence-electron chi connectivity index (χ1n) is 10.8. The van der Waals surface area contributed by atoms with E-state index in [0.29, 0.717) is 25.8 Å². The Hall–Kier alpha value is -3.06. The standard InChI is InChI=1S/C25H29NO5S/c1-4-8-24(27)29-18(2)30-25(28)26(3)15-13-22(20-14-16-32-17-20)31-23-12-7-10-19-9-5-6-11-21(19)23/h5-7,9-12,14,16-18,22H,4,8,13,15H2,1-3H3. The predicted octanol–water partition coefficient (Wildman–Crippen LogP) is 6.17. The monoisotopic (exact) mass is 455 g/mol. The molecule has 32 heavy (non-hydrogen) atoms. The second-order valence-corrected chi connectivity index (χ2v) is 8.32. The highest BCUT2D eigenvalue weighted by atomic mass is 32.1. The van der Waals surface area contributed by atoms with Crippen LogP contribution in [-0.4, -0.2) is 36.8 Å². The molecule has 0 aliphatic rings. The van der Waals surface area contributed by atoms with Gasteiger partial charge in [0.15, 0.2) is 0 Å². The molecule has 2 aromatic carbocycles. The minimum atomic E-state index is -0.927. The van der Waals surface area contributed by atoms with Gasteiger partial charge in [-0.1, -0.05) is 43.3 Å². The number of carbonyl (C=O) groups is 2. The zero-order valence-corrected chi connectivity index (χ0v) is 19.5. The fourth-order valence-corrected chi connectivity index (χ4v) is 4.01. The number of carbonyl (C=O) groups excluding carboxylic acids is 2. The Bertz CT molecular complexity index is 1010. The summed E-state index contributed by atoms with van der Waals surface area (Å²) < 4.78 is 16.7. The Morgan fingerprint density at radius 1 is 1.06 bits per heavy atom. The quantitative estimate of drug-likeness (QED) is 0.270. The summed E-state index contributed by atoms with van der Waals surface area (Å²) >= 11 is 1.61. The molecule has 0 fully saturated rings. The second-order valence-electron chi connectivity index (χ2n) is 7.54. The molecule has 1 aromatic heterocycles. The second kappa shape index (κ2) is 11.5. The van der Waals surface area contributed by atoms with Gasteiger partial charge < -0.3 is 19.1 Å². The predicted molar refractivity (Wildman–Crippen MR) is 126 cm³/mol. The molecule has 1 amide bonds. The van der Waals surface area contributed by atoms with Crippen LogP contribution in [-0.2, 0) is 14.3 Å². The van der Waals surface area contributed by atoms with Crippen molar-refractivity contribution < 1.29 is 23.8 Å². The summed E-state index contributed by atoms with van der Waals surface area (Å²) in [6.45, 7) is 3.84. The van der Waals surface area contributed by atoms with Gasteiger partial charge in [0.05, 0.1) is 0 Å². The van der Waals surface area contributed by atoms with E-state index in [2.05, 4.69) is 17.5 Å². The molecule has 0 spiro atoms.